The van der Waals surface area contributed by atoms with Gasteiger partial charge in [0.05, 0.1) is 18.8 Å². The minimum absolute atomic E-state index is 0.0134. The van der Waals surface area contributed by atoms with Gasteiger partial charge in [0, 0.05) is 28.3 Å². The first-order valence-corrected chi connectivity index (χ1v) is 9.60. The first kappa shape index (κ1) is 18.1. The van der Waals surface area contributed by atoms with Crippen molar-refractivity contribution in [1.82, 2.24) is 9.88 Å². The average molecular weight is 391 g/mol. The van der Waals surface area contributed by atoms with E-state index in [0.29, 0.717) is 5.69 Å². The molecule has 2 N–H and O–H groups in total. The van der Waals surface area contributed by atoms with Crippen LogP contribution in [0.3, 0.4) is 0 Å². The fraction of sp³-hybridized carbons (Fsp3) is 0.0952. The lowest BCUT2D eigenvalue weighted by Crippen LogP contribution is -2.34. The van der Waals surface area contributed by atoms with E-state index < -0.39 is 11.8 Å². The van der Waals surface area contributed by atoms with Crippen molar-refractivity contribution < 1.29 is 14.7 Å². The lowest BCUT2D eigenvalue weighted by molar-refractivity contribution is -0.137. The number of rotatable bonds is 6. The van der Waals surface area contributed by atoms with Crippen LogP contribution in [-0.4, -0.2) is 40.0 Å². The second-order valence-corrected chi connectivity index (χ2v) is 7.04. The zero-order valence-corrected chi connectivity index (χ0v) is 15.6. The van der Waals surface area contributed by atoms with Gasteiger partial charge >= 0.3 is 0 Å². The van der Waals surface area contributed by atoms with Crippen LogP contribution in [0.5, 0.6) is 0 Å². The number of carbonyl (C=O) groups is 2. The predicted molar refractivity (Wildman–Crippen MR) is 108 cm³/mol. The molecule has 0 radical (unpaired) electrons. The number of imide groups is 1. The molecule has 0 saturated carbocycles. The number of carbonyl (C=O) groups excluding carboxylic acids is 2. The van der Waals surface area contributed by atoms with E-state index in [4.69, 9.17) is 10.1 Å². The van der Waals surface area contributed by atoms with Crippen molar-refractivity contribution in [2.45, 2.75) is 0 Å². The van der Waals surface area contributed by atoms with Crippen LogP contribution in [0.1, 0.15) is 0 Å². The van der Waals surface area contributed by atoms with Crippen molar-refractivity contribution in [2.75, 3.05) is 18.5 Å². The predicted octanol–water partition coefficient (Wildman–Crippen LogP) is 3.13. The Morgan fingerprint density at radius 3 is 2.61 bits per heavy atom. The molecule has 4 rings (SSSR count). The number of anilines is 1. The maximum atomic E-state index is 12.3. The van der Waals surface area contributed by atoms with Gasteiger partial charge in [0.2, 0.25) is 0 Å². The van der Waals surface area contributed by atoms with Crippen LogP contribution in [-0.2, 0) is 9.59 Å². The highest BCUT2D eigenvalue weighted by atomic mass is 32.1. The van der Waals surface area contributed by atoms with Gasteiger partial charge in [0.15, 0.2) is 0 Å². The normalized spacial score (nSPS) is 13.8. The van der Waals surface area contributed by atoms with Crippen LogP contribution in [0.25, 0.3) is 21.8 Å². The van der Waals surface area contributed by atoms with Gasteiger partial charge in [0.1, 0.15) is 10.7 Å². The summed E-state index contributed by atoms with van der Waals surface area (Å²) in [4.78, 5) is 29.9. The molecule has 2 amide bonds. The molecule has 2 heterocycles. The lowest BCUT2D eigenvalue weighted by Gasteiger charge is -2.13. The minimum Gasteiger partial charge on any atom is -0.395 e. The zero-order valence-electron chi connectivity index (χ0n) is 14.8. The second-order valence-electron chi connectivity index (χ2n) is 6.19. The van der Waals surface area contributed by atoms with Crippen LogP contribution in [0.2, 0.25) is 0 Å². The lowest BCUT2D eigenvalue weighted by atomic mass is 10.1. The van der Waals surface area contributed by atoms with Gasteiger partial charge in [-0.05, 0) is 12.1 Å². The third kappa shape index (κ3) is 3.58. The van der Waals surface area contributed by atoms with Gasteiger partial charge < -0.3 is 10.4 Å². The molecule has 0 fully saturated rings. The zero-order chi connectivity index (χ0) is 19.5. The summed E-state index contributed by atoms with van der Waals surface area (Å²) in [6.07, 6.45) is 1.25. The highest BCUT2D eigenvalue weighted by Gasteiger charge is 2.30. The third-order valence-electron chi connectivity index (χ3n) is 4.30. The van der Waals surface area contributed by atoms with E-state index in [1.165, 1.54) is 6.08 Å². The first-order valence-electron chi connectivity index (χ1n) is 8.72. The summed E-state index contributed by atoms with van der Waals surface area (Å²) < 4.78 is 0. The van der Waals surface area contributed by atoms with E-state index in [9.17, 15) is 9.59 Å². The number of nitrogens with zero attached hydrogens (tertiary/aromatic N) is 2. The van der Waals surface area contributed by atoms with Crippen LogP contribution in [0.15, 0.2) is 71.8 Å². The standard InChI is InChI=1S/C21H17N3O3S/c25-10-9-24-19(26)12-17(21(24)27)22-16-8-4-7-15(11-16)18-13-28-20(23-18)14-5-2-1-3-6-14/h1-8,11-13,22,25H,9-10H2. The molecule has 1 aliphatic heterocycles. The Hall–Kier alpha value is -3.29. The maximum Gasteiger partial charge on any atom is 0.277 e. The first-order chi connectivity index (χ1) is 13.7. The molecule has 0 saturated heterocycles. The number of aliphatic hydroxyl groups is 1. The van der Waals surface area contributed by atoms with Gasteiger partial charge in [-0.15, -0.1) is 11.3 Å². The number of benzene rings is 2. The molecule has 28 heavy (non-hydrogen) atoms. The quantitative estimate of drug-likeness (QED) is 0.631. The van der Waals surface area contributed by atoms with Crippen molar-refractivity contribution >= 4 is 28.8 Å². The van der Waals surface area contributed by atoms with Gasteiger partial charge in [-0.3, -0.25) is 14.5 Å². The number of thiazole rings is 1. The number of aliphatic hydroxyl groups excluding tert-OH is 1. The molecule has 1 aliphatic rings. The van der Waals surface area contributed by atoms with Crippen molar-refractivity contribution in [3.63, 3.8) is 0 Å². The third-order valence-corrected chi connectivity index (χ3v) is 5.19. The topological polar surface area (TPSA) is 82.5 Å². The van der Waals surface area contributed by atoms with Crippen LogP contribution in [0.4, 0.5) is 5.69 Å². The van der Waals surface area contributed by atoms with Crippen LogP contribution >= 0.6 is 11.3 Å². The van der Waals surface area contributed by atoms with E-state index >= 15 is 0 Å². The molecule has 0 bridgehead atoms. The monoisotopic (exact) mass is 391 g/mol. The Kier molecular flexibility index (Phi) is 5.01. The molecule has 0 spiro atoms. The summed E-state index contributed by atoms with van der Waals surface area (Å²) in [7, 11) is 0. The van der Waals surface area contributed by atoms with Gasteiger partial charge in [-0.25, -0.2) is 4.98 Å². The highest BCUT2D eigenvalue weighted by Crippen LogP contribution is 2.30. The molecule has 0 unspecified atom stereocenters. The Balaban J connectivity index is 1.55. The summed E-state index contributed by atoms with van der Waals surface area (Å²) in [5, 5.41) is 14.9. The van der Waals surface area contributed by atoms with Gasteiger partial charge in [-0.1, -0.05) is 42.5 Å². The van der Waals surface area contributed by atoms with E-state index in [0.717, 1.165) is 26.7 Å². The van der Waals surface area contributed by atoms with Crippen molar-refractivity contribution in [3.05, 3.63) is 71.8 Å². The van der Waals surface area contributed by atoms with E-state index in [1.807, 2.05) is 60.0 Å². The van der Waals surface area contributed by atoms with E-state index in [2.05, 4.69) is 5.32 Å². The Bertz CT molecular complexity index is 1060. The molecule has 6 nitrogen and oxygen atoms in total. The minimum atomic E-state index is -0.440. The largest absolute Gasteiger partial charge is 0.395 e. The molecule has 140 valence electrons. The number of amides is 2. The van der Waals surface area contributed by atoms with Crippen molar-refractivity contribution in [3.8, 4) is 21.8 Å². The number of β-amino-alcohol motifs (C(OH)–C–C–N with tert-alkyl or cyclic N) is 1. The molecule has 7 heteroatoms. The second kappa shape index (κ2) is 7.75. The molecule has 3 aromatic rings. The molecule has 1 aromatic heterocycles. The fourth-order valence-corrected chi connectivity index (χ4v) is 3.78. The van der Waals surface area contributed by atoms with Crippen LogP contribution in [0, 0.1) is 0 Å². The number of aromatic nitrogens is 1. The summed E-state index contributed by atoms with van der Waals surface area (Å²) in [5.74, 6) is -0.866. The maximum absolute atomic E-state index is 12.3. The molecule has 0 atom stereocenters. The SMILES string of the molecule is O=C1C=C(Nc2cccc(-c3csc(-c4ccccc4)n3)c2)C(=O)N1CCO. The van der Waals surface area contributed by atoms with Crippen molar-refractivity contribution in [1.29, 1.82) is 0 Å². The Morgan fingerprint density at radius 1 is 1.04 bits per heavy atom. The highest BCUT2D eigenvalue weighted by molar-refractivity contribution is 7.13. The fourth-order valence-electron chi connectivity index (χ4n) is 2.94. The van der Waals surface area contributed by atoms with Gasteiger partial charge in [-0.2, -0.15) is 0 Å². The summed E-state index contributed by atoms with van der Waals surface area (Å²) >= 11 is 1.57. The Morgan fingerprint density at radius 2 is 1.82 bits per heavy atom. The molecular formula is C21H17N3O3S. The summed E-state index contributed by atoms with van der Waals surface area (Å²) in [6.45, 7) is -0.276. The van der Waals surface area contributed by atoms with Crippen molar-refractivity contribution in [2.24, 2.45) is 0 Å². The molecule has 2 aromatic carbocycles. The molecular weight excluding hydrogens is 374 g/mol. The average Bonchev–Trinajstić information content (AvgIpc) is 3.31. The van der Waals surface area contributed by atoms with E-state index in [1.54, 1.807) is 11.3 Å². The number of hydrogen-bond acceptors (Lipinski definition) is 6. The Labute approximate surface area is 165 Å². The smallest absolute Gasteiger partial charge is 0.277 e. The number of hydrogen-bond donors (Lipinski definition) is 2. The number of nitrogens with one attached hydrogen (secondary N) is 1. The van der Waals surface area contributed by atoms with E-state index in [-0.39, 0.29) is 18.8 Å². The van der Waals surface area contributed by atoms with Crippen LogP contribution < -0.4 is 5.32 Å². The summed E-state index contributed by atoms with van der Waals surface area (Å²) in [5.41, 5.74) is 3.70. The summed E-state index contributed by atoms with van der Waals surface area (Å²) in [6, 6.07) is 17.5. The molecule has 0 aliphatic carbocycles. The van der Waals surface area contributed by atoms with Gasteiger partial charge in [0.25, 0.3) is 11.8 Å².